The zero-order valence-electron chi connectivity index (χ0n) is 10.4. The quantitative estimate of drug-likeness (QED) is 0.833. The highest BCUT2D eigenvalue weighted by atomic mass is 19.1. The Morgan fingerprint density at radius 3 is 2.94 bits per heavy atom. The Morgan fingerprint density at radius 1 is 1.50 bits per heavy atom. The van der Waals surface area contributed by atoms with Gasteiger partial charge in [-0.3, -0.25) is 0 Å². The van der Waals surface area contributed by atoms with Crippen LogP contribution in [0.5, 0.6) is 0 Å². The summed E-state index contributed by atoms with van der Waals surface area (Å²) in [7, 11) is 0. The summed E-state index contributed by atoms with van der Waals surface area (Å²) in [5.74, 6) is -0.198. The van der Waals surface area contributed by atoms with Gasteiger partial charge in [-0.15, -0.1) is 0 Å². The maximum atomic E-state index is 13.5. The number of nitrogens with zero attached hydrogens (tertiary/aromatic N) is 1. The largest absolute Gasteiger partial charge is 0.336 e. The normalized spacial score (nSPS) is 16.8. The third-order valence-corrected chi connectivity index (χ3v) is 3.15. The molecule has 4 nitrogen and oxygen atoms in total. The van der Waals surface area contributed by atoms with Crippen LogP contribution in [-0.4, -0.2) is 37.1 Å². The number of carbonyl (C=O) groups is 1. The lowest BCUT2D eigenvalue weighted by molar-refractivity contribution is 0.217. The molecule has 1 saturated heterocycles. The van der Waals surface area contributed by atoms with E-state index in [2.05, 4.69) is 10.6 Å². The molecule has 2 rings (SSSR count). The number of hydrogen-bond donors (Lipinski definition) is 2. The topological polar surface area (TPSA) is 44.4 Å². The molecule has 1 aromatic rings. The SMILES string of the molecule is CC(NCCN1CCNC1=O)c1ccccc1F. The minimum Gasteiger partial charge on any atom is -0.336 e. The van der Waals surface area contributed by atoms with Gasteiger partial charge in [0.2, 0.25) is 0 Å². The summed E-state index contributed by atoms with van der Waals surface area (Å²) in [6.45, 7) is 4.67. The van der Waals surface area contributed by atoms with Crippen molar-refractivity contribution < 1.29 is 9.18 Å². The second kappa shape index (κ2) is 5.82. The minimum atomic E-state index is -0.198. The van der Waals surface area contributed by atoms with E-state index >= 15 is 0 Å². The summed E-state index contributed by atoms with van der Waals surface area (Å²) in [6, 6.07) is 6.66. The molecule has 1 fully saturated rings. The fourth-order valence-corrected chi connectivity index (χ4v) is 2.08. The van der Waals surface area contributed by atoms with E-state index in [1.54, 1.807) is 17.0 Å². The summed E-state index contributed by atoms with van der Waals surface area (Å²) in [6.07, 6.45) is 0. The molecule has 2 amide bonds. The first-order valence-corrected chi connectivity index (χ1v) is 6.19. The Kier molecular flexibility index (Phi) is 4.15. The molecule has 0 saturated carbocycles. The van der Waals surface area contributed by atoms with Crippen molar-refractivity contribution in [1.29, 1.82) is 0 Å². The van der Waals surface area contributed by atoms with Crippen molar-refractivity contribution in [1.82, 2.24) is 15.5 Å². The van der Waals surface area contributed by atoms with Crippen LogP contribution in [0.3, 0.4) is 0 Å². The van der Waals surface area contributed by atoms with Gasteiger partial charge in [-0.1, -0.05) is 18.2 Å². The van der Waals surface area contributed by atoms with E-state index < -0.39 is 0 Å². The number of halogens is 1. The number of amides is 2. The highest BCUT2D eigenvalue weighted by molar-refractivity contribution is 5.76. The number of urea groups is 1. The molecule has 1 aromatic carbocycles. The Bertz CT molecular complexity index is 424. The van der Waals surface area contributed by atoms with Gasteiger partial charge in [0.15, 0.2) is 0 Å². The molecular formula is C13H18FN3O. The minimum absolute atomic E-state index is 0.0182. The van der Waals surface area contributed by atoms with Gasteiger partial charge in [0.05, 0.1) is 0 Å². The monoisotopic (exact) mass is 251 g/mol. The van der Waals surface area contributed by atoms with Gasteiger partial charge in [0.1, 0.15) is 5.82 Å². The van der Waals surface area contributed by atoms with Gasteiger partial charge in [0, 0.05) is 37.8 Å². The third-order valence-electron chi connectivity index (χ3n) is 3.15. The average molecular weight is 251 g/mol. The van der Waals surface area contributed by atoms with Crippen molar-refractivity contribution in [3.8, 4) is 0 Å². The van der Waals surface area contributed by atoms with E-state index in [1.807, 2.05) is 13.0 Å². The van der Waals surface area contributed by atoms with Crippen molar-refractivity contribution >= 4 is 6.03 Å². The van der Waals surface area contributed by atoms with Crippen LogP contribution in [0.15, 0.2) is 24.3 Å². The zero-order valence-corrected chi connectivity index (χ0v) is 10.4. The number of benzene rings is 1. The lowest BCUT2D eigenvalue weighted by Gasteiger charge is -2.18. The van der Waals surface area contributed by atoms with E-state index in [0.717, 1.165) is 6.54 Å². The molecule has 18 heavy (non-hydrogen) atoms. The summed E-state index contributed by atoms with van der Waals surface area (Å²) in [4.78, 5) is 13.1. The first-order valence-electron chi connectivity index (χ1n) is 6.19. The molecule has 2 N–H and O–H groups in total. The predicted octanol–water partition coefficient (Wildman–Crippen LogP) is 1.50. The van der Waals surface area contributed by atoms with Gasteiger partial charge in [-0.05, 0) is 13.0 Å². The van der Waals surface area contributed by atoms with Crippen molar-refractivity contribution in [3.05, 3.63) is 35.6 Å². The number of carbonyl (C=O) groups excluding carboxylic acids is 1. The first-order chi connectivity index (χ1) is 8.68. The fraction of sp³-hybridized carbons (Fsp3) is 0.462. The molecule has 1 heterocycles. The highest BCUT2D eigenvalue weighted by Crippen LogP contribution is 2.15. The molecular weight excluding hydrogens is 233 g/mol. The van der Waals surface area contributed by atoms with E-state index in [0.29, 0.717) is 25.2 Å². The molecule has 0 aromatic heterocycles. The third kappa shape index (κ3) is 2.98. The van der Waals surface area contributed by atoms with Crippen LogP contribution in [0.4, 0.5) is 9.18 Å². The Labute approximate surface area is 106 Å². The van der Waals surface area contributed by atoms with E-state index in [9.17, 15) is 9.18 Å². The Balaban J connectivity index is 1.80. The van der Waals surface area contributed by atoms with E-state index in [1.165, 1.54) is 6.07 Å². The molecule has 0 bridgehead atoms. The summed E-state index contributed by atoms with van der Waals surface area (Å²) < 4.78 is 13.5. The molecule has 0 spiro atoms. The summed E-state index contributed by atoms with van der Waals surface area (Å²) in [5, 5.41) is 5.97. The summed E-state index contributed by atoms with van der Waals surface area (Å²) in [5.41, 5.74) is 0.656. The van der Waals surface area contributed by atoms with Crippen LogP contribution in [0, 0.1) is 5.82 Å². The van der Waals surface area contributed by atoms with Crippen molar-refractivity contribution in [3.63, 3.8) is 0 Å². The number of nitrogens with one attached hydrogen (secondary N) is 2. The van der Waals surface area contributed by atoms with Crippen LogP contribution in [0.1, 0.15) is 18.5 Å². The molecule has 1 unspecified atom stereocenters. The standard InChI is InChI=1S/C13H18FN3O/c1-10(11-4-2-3-5-12(11)14)15-6-8-17-9-7-16-13(17)18/h2-5,10,15H,6-9H2,1H3,(H,16,18). The molecule has 1 aliphatic rings. The summed E-state index contributed by atoms with van der Waals surface area (Å²) >= 11 is 0. The predicted molar refractivity (Wildman–Crippen MR) is 67.8 cm³/mol. The van der Waals surface area contributed by atoms with E-state index in [4.69, 9.17) is 0 Å². The number of rotatable bonds is 5. The fourth-order valence-electron chi connectivity index (χ4n) is 2.08. The van der Waals surface area contributed by atoms with Crippen molar-refractivity contribution in [2.75, 3.05) is 26.2 Å². The van der Waals surface area contributed by atoms with Crippen LogP contribution >= 0.6 is 0 Å². The maximum absolute atomic E-state index is 13.5. The van der Waals surface area contributed by atoms with Gasteiger partial charge in [-0.25, -0.2) is 9.18 Å². The highest BCUT2D eigenvalue weighted by Gasteiger charge is 2.18. The molecule has 0 radical (unpaired) electrons. The van der Waals surface area contributed by atoms with Gasteiger partial charge < -0.3 is 15.5 Å². The van der Waals surface area contributed by atoms with Crippen molar-refractivity contribution in [2.24, 2.45) is 0 Å². The van der Waals surface area contributed by atoms with Gasteiger partial charge in [-0.2, -0.15) is 0 Å². The Hall–Kier alpha value is -1.62. The smallest absolute Gasteiger partial charge is 0.317 e. The molecule has 98 valence electrons. The lowest BCUT2D eigenvalue weighted by Crippen LogP contribution is -2.35. The van der Waals surface area contributed by atoms with E-state index in [-0.39, 0.29) is 17.9 Å². The maximum Gasteiger partial charge on any atom is 0.317 e. The second-order valence-electron chi connectivity index (χ2n) is 4.42. The van der Waals surface area contributed by atoms with Crippen LogP contribution in [-0.2, 0) is 0 Å². The number of hydrogen-bond acceptors (Lipinski definition) is 2. The molecule has 1 aliphatic heterocycles. The average Bonchev–Trinajstić information content (AvgIpc) is 2.75. The first kappa shape index (κ1) is 12.8. The molecule has 0 aliphatic carbocycles. The second-order valence-corrected chi connectivity index (χ2v) is 4.42. The van der Waals surface area contributed by atoms with Crippen molar-refractivity contribution in [2.45, 2.75) is 13.0 Å². The van der Waals surface area contributed by atoms with Gasteiger partial charge in [0.25, 0.3) is 0 Å². The molecule has 1 atom stereocenters. The lowest BCUT2D eigenvalue weighted by atomic mass is 10.1. The van der Waals surface area contributed by atoms with Crippen LogP contribution in [0.2, 0.25) is 0 Å². The Morgan fingerprint density at radius 2 is 2.28 bits per heavy atom. The van der Waals surface area contributed by atoms with Gasteiger partial charge >= 0.3 is 6.03 Å². The zero-order chi connectivity index (χ0) is 13.0. The molecule has 5 heteroatoms. The van der Waals surface area contributed by atoms with Crippen LogP contribution in [0.25, 0.3) is 0 Å². The van der Waals surface area contributed by atoms with Crippen LogP contribution < -0.4 is 10.6 Å².